The molecule has 0 aliphatic heterocycles. The van der Waals surface area contributed by atoms with Crippen LogP contribution in [0.4, 0.5) is 0 Å². The van der Waals surface area contributed by atoms with Gasteiger partial charge in [-0.15, -0.1) is 0 Å². The summed E-state index contributed by atoms with van der Waals surface area (Å²) in [6.45, 7) is 1.84. The molecule has 25 heavy (non-hydrogen) atoms. The zero-order chi connectivity index (χ0) is 17.9. The van der Waals surface area contributed by atoms with Crippen molar-refractivity contribution in [2.45, 2.75) is 19.5 Å². The van der Waals surface area contributed by atoms with E-state index in [9.17, 15) is 13.2 Å². The van der Waals surface area contributed by atoms with Gasteiger partial charge in [-0.1, -0.05) is 42.5 Å². The number of aryl methyl sites for hydroxylation is 1. The number of sulfonamides is 1. The SMILES string of the molecule is C[C@@H](NS(=O)(=O)CCn1cnc2ccccc2c1=O)c1ccccc1. The molecule has 1 aromatic heterocycles. The van der Waals surface area contributed by atoms with Crippen LogP contribution in [0.25, 0.3) is 10.9 Å². The summed E-state index contributed by atoms with van der Waals surface area (Å²) in [5, 5.41) is 0.480. The molecule has 130 valence electrons. The molecule has 1 heterocycles. The second-order valence-corrected chi connectivity index (χ2v) is 7.70. The van der Waals surface area contributed by atoms with Crippen molar-refractivity contribution in [3.8, 4) is 0 Å². The van der Waals surface area contributed by atoms with Gasteiger partial charge in [0, 0.05) is 12.6 Å². The number of hydrogen-bond acceptors (Lipinski definition) is 4. The standard InChI is InChI=1S/C18H19N3O3S/c1-14(15-7-3-2-4-8-15)20-25(23,24)12-11-21-13-19-17-10-6-5-9-16(17)18(21)22/h2-10,13-14,20H,11-12H2,1H3/t14-/m1/s1. The minimum Gasteiger partial charge on any atom is -0.298 e. The second-order valence-electron chi connectivity index (χ2n) is 5.83. The van der Waals surface area contributed by atoms with E-state index in [-0.39, 0.29) is 23.9 Å². The van der Waals surface area contributed by atoms with Crippen molar-refractivity contribution in [1.82, 2.24) is 14.3 Å². The van der Waals surface area contributed by atoms with E-state index in [0.29, 0.717) is 10.9 Å². The van der Waals surface area contributed by atoms with Gasteiger partial charge in [0.05, 0.1) is 23.0 Å². The van der Waals surface area contributed by atoms with Crippen LogP contribution in [0, 0.1) is 0 Å². The molecule has 0 aliphatic carbocycles. The van der Waals surface area contributed by atoms with Crippen molar-refractivity contribution in [3.05, 3.63) is 76.8 Å². The lowest BCUT2D eigenvalue weighted by atomic mass is 10.1. The van der Waals surface area contributed by atoms with Crippen LogP contribution in [0.2, 0.25) is 0 Å². The Bertz CT molecular complexity index is 1030. The van der Waals surface area contributed by atoms with Gasteiger partial charge in [0.1, 0.15) is 0 Å². The molecular formula is C18H19N3O3S. The van der Waals surface area contributed by atoms with Gasteiger partial charge in [0.2, 0.25) is 10.0 Å². The number of para-hydroxylation sites is 1. The van der Waals surface area contributed by atoms with Crippen LogP contribution in [0.1, 0.15) is 18.5 Å². The van der Waals surface area contributed by atoms with Gasteiger partial charge in [0.25, 0.3) is 5.56 Å². The Kier molecular flexibility index (Phi) is 4.96. The molecule has 0 amide bonds. The highest BCUT2D eigenvalue weighted by Gasteiger charge is 2.16. The maximum atomic E-state index is 12.4. The third kappa shape index (κ3) is 4.12. The van der Waals surface area contributed by atoms with Gasteiger partial charge < -0.3 is 0 Å². The quantitative estimate of drug-likeness (QED) is 0.732. The van der Waals surface area contributed by atoms with Gasteiger partial charge in [-0.05, 0) is 24.6 Å². The summed E-state index contributed by atoms with van der Waals surface area (Å²) in [6.07, 6.45) is 1.39. The van der Waals surface area contributed by atoms with E-state index in [1.165, 1.54) is 10.9 Å². The van der Waals surface area contributed by atoms with Crippen LogP contribution >= 0.6 is 0 Å². The molecule has 0 spiro atoms. The summed E-state index contributed by atoms with van der Waals surface area (Å²) in [5.74, 6) is -0.190. The van der Waals surface area contributed by atoms with Crippen LogP contribution in [0.15, 0.2) is 65.7 Å². The zero-order valence-electron chi connectivity index (χ0n) is 13.8. The average molecular weight is 357 g/mol. The van der Waals surface area contributed by atoms with E-state index in [2.05, 4.69) is 9.71 Å². The van der Waals surface area contributed by atoms with Gasteiger partial charge in [-0.3, -0.25) is 9.36 Å². The van der Waals surface area contributed by atoms with Gasteiger partial charge in [-0.25, -0.2) is 18.1 Å². The molecule has 0 unspecified atom stereocenters. The first-order chi connectivity index (χ1) is 12.0. The summed E-state index contributed by atoms with van der Waals surface area (Å²) in [5.41, 5.74) is 1.25. The predicted octanol–water partition coefficient (Wildman–Crippen LogP) is 2.08. The van der Waals surface area contributed by atoms with Crippen molar-refractivity contribution in [2.75, 3.05) is 5.75 Å². The molecule has 0 fully saturated rings. The highest BCUT2D eigenvalue weighted by molar-refractivity contribution is 7.89. The smallest absolute Gasteiger partial charge is 0.261 e. The lowest BCUT2D eigenvalue weighted by Gasteiger charge is -2.15. The van der Waals surface area contributed by atoms with E-state index in [1.807, 2.05) is 30.3 Å². The number of nitrogens with zero attached hydrogens (tertiary/aromatic N) is 2. The fraction of sp³-hybridized carbons (Fsp3) is 0.222. The van der Waals surface area contributed by atoms with Gasteiger partial charge in [-0.2, -0.15) is 0 Å². The highest BCUT2D eigenvalue weighted by Crippen LogP contribution is 2.12. The summed E-state index contributed by atoms with van der Waals surface area (Å²) in [7, 11) is -3.53. The number of nitrogens with one attached hydrogen (secondary N) is 1. The highest BCUT2D eigenvalue weighted by atomic mass is 32.2. The second kappa shape index (κ2) is 7.16. The molecule has 3 rings (SSSR count). The van der Waals surface area contributed by atoms with Crippen LogP contribution < -0.4 is 10.3 Å². The molecule has 7 heteroatoms. The zero-order valence-corrected chi connectivity index (χ0v) is 14.6. The normalized spacial score (nSPS) is 13.0. The number of benzene rings is 2. The first-order valence-corrected chi connectivity index (χ1v) is 9.61. The van der Waals surface area contributed by atoms with Crippen molar-refractivity contribution in [2.24, 2.45) is 0 Å². The molecule has 0 saturated carbocycles. The fourth-order valence-electron chi connectivity index (χ4n) is 2.62. The first-order valence-electron chi connectivity index (χ1n) is 7.95. The molecule has 0 saturated heterocycles. The van der Waals surface area contributed by atoms with E-state index >= 15 is 0 Å². The van der Waals surface area contributed by atoms with Crippen molar-refractivity contribution in [1.29, 1.82) is 0 Å². The predicted molar refractivity (Wildman–Crippen MR) is 97.8 cm³/mol. The topological polar surface area (TPSA) is 81.1 Å². The van der Waals surface area contributed by atoms with Crippen molar-refractivity contribution < 1.29 is 8.42 Å². The third-order valence-corrected chi connectivity index (χ3v) is 5.42. The van der Waals surface area contributed by atoms with E-state index in [0.717, 1.165) is 5.56 Å². The molecule has 0 aliphatic rings. The maximum absolute atomic E-state index is 12.4. The van der Waals surface area contributed by atoms with E-state index in [4.69, 9.17) is 0 Å². The van der Waals surface area contributed by atoms with Crippen molar-refractivity contribution in [3.63, 3.8) is 0 Å². The lowest BCUT2D eigenvalue weighted by Crippen LogP contribution is -2.32. The van der Waals surface area contributed by atoms with Crippen LogP contribution in [0.5, 0.6) is 0 Å². The van der Waals surface area contributed by atoms with Gasteiger partial charge >= 0.3 is 0 Å². The minimum absolute atomic E-state index is 0.0491. The third-order valence-electron chi connectivity index (χ3n) is 3.99. The molecule has 0 radical (unpaired) electrons. The summed E-state index contributed by atoms with van der Waals surface area (Å²) in [4.78, 5) is 16.6. The van der Waals surface area contributed by atoms with E-state index in [1.54, 1.807) is 31.2 Å². The number of fused-ring (bicyclic) bond motifs is 1. The first kappa shape index (κ1) is 17.3. The molecule has 2 aromatic carbocycles. The largest absolute Gasteiger partial charge is 0.298 e. The Morgan fingerprint density at radius 3 is 2.52 bits per heavy atom. The van der Waals surface area contributed by atoms with Gasteiger partial charge in [0.15, 0.2) is 0 Å². The molecule has 6 nitrogen and oxygen atoms in total. The molecule has 1 N–H and O–H groups in total. The molecule has 1 atom stereocenters. The average Bonchev–Trinajstić information content (AvgIpc) is 2.62. The minimum atomic E-state index is -3.53. The van der Waals surface area contributed by atoms with E-state index < -0.39 is 10.0 Å². The Morgan fingerprint density at radius 2 is 1.76 bits per heavy atom. The summed E-state index contributed by atoms with van der Waals surface area (Å²) in [6, 6.07) is 16.0. The Hall–Kier alpha value is -2.51. The fourth-order valence-corrected chi connectivity index (χ4v) is 3.85. The Balaban J connectivity index is 1.72. The monoisotopic (exact) mass is 357 g/mol. The number of hydrogen-bond donors (Lipinski definition) is 1. The molecule has 3 aromatic rings. The Labute approximate surface area is 146 Å². The van der Waals surface area contributed by atoms with Crippen LogP contribution in [-0.4, -0.2) is 23.7 Å². The van der Waals surface area contributed by atoms with Crippen LogP contribution in [0.3, 0.4) is 0 Å². The van der Waals surface area contributed by atoms with Crippen LogP contribution in [-0.2, 0) is 16.6 Å². The number of rotatable bonds is 6. The Morgan fingerprint density at radius 1 is 1.08 bits per heavy atom. The van der Waals surface area contributed by atoms with Crippen molar-refractivity contribution >= 4 is 20.9 Å². The molecule has 0 bridgehead atoms. The maximum Gasteiger partial charge on any atom is 0.261 e. The lowest BCUT2D eigenvalue weighted by molar-refractivity contribution is 0.559. The number of aromatic nitrogens is 2. The summed E-state index contributed by atoms with van der Waals surface area (Å²) >= 11 is 0. The molecular weight excluding hydrogens is 338 g/mol. The summed E-state index contributed by atoms with van der Waals surface area (Å²) < 4.78 is 28.6.